The maximum Gasteiger partial charge on any atom is 0.0697 e. The number of rotatable bonds is 5. The molecule has 1 rings (SSSR count). The van der Waals surface area contributed by atoms with Gasteiger partial charge in [0.15, 0.2) is 0 Å². The monoisotopic (exact) mass is 173 g/mol. The summed E-state index contributed by atoms with van der Waals surface area (Å²) in [5.41, 5.74) is 0. The number of hydrogen-bond donors (Lipinski definition) is 2. The van der Waals surface area contributed by atoms with E-state index in [2.05, 4.69) is 10.6 Å². The molecule has 71 valence electrons. The fraction of sp³-hybridized carbons (Fsp3) is 1.00. The van der Waals surface area contributed by atoms with Crippen molar-refractivity contribution >= 4 is 0 Å². The minimum atomic E-state index is 0.114. The quantitative estimate of drug-likeness (QED) is 0.522. The molecule has 4 heteroatoms. The summed E-state index contributed by atoms with van der Waals surface area (Å²) in [5, 5.41) is 16.1. The van der Waals surface area contributed by atoms with Gasteiger partial charge >= 0.3 is 0 Å². The van der Waals surface area contributed by atoms with Crippen LogP contribution in [0, 0.1) is 0 Å². The minimum absolute atomic E-state index is 0.114. The molecule has 0 bridgehead atoms. The van der Waals surface area contributed by atoms with Gasteiger partial charge in [-0.15, -0.1) is 0 Å². The van der Waals surface area contributed by atoms with Crippen LogP contribution in [0.4, 0.5) is 0 Å². The van der Waals surface area contributed by atoms with Crippen molar-refractivity contribution in [2.75, 3.05) is 39.5 Å². The zero-order valence-electron chi connectivity index (χ0n) is 7.33. The van der Waals surface area contributed by atoms with Gasteiger partial charge in [-0.2, -0.15) is 0 Å². The highest BCUT2D eigenvalue weighted by Gasteiger charge is 2.11. The minimum Gasteiger partial charge on any atom is -0.394 e. The second kappa shape index (κ2) is 6.37. The highest BCUT2D eigenvalue weighted by Crippen LogP contribution is 1.95. The Bertz CT molecular complexity index is 105. The molecule has 1 aliphatic rings. The standard InChI is InChI=1S/C8H17N2O2/c11-4-6-12-5-1-8-7-9-2-3-10-8/h8,10-11H,1-7H2. The predicted molar refractivity (Wildman–Crippen MR) is 46.2 cm³/mol. The Labute approximate surface area is 73.3 Å². The average molecular weight is 173 g/mol. The molecule has 1 aliphatic heterocycles. The summed E-state index contributed by atoms with van der Waals surface area (Å²) in [5.74, 6) is 0. The number of aliphatic hydroxyl groups is 1. The molecule has 1 heterocycles. The van der Waals surface area contributed by atoms with E-state index >= 15 is 0 Å². The lowest BCUT2D eigenvalue weighted by Crippen LogP contribution is -2.45. The molecule has 0 aromatic carbocycles. The van der Waals surface area contributed by atoms with E-state index in [4.69, 9.17) is 9.84 Å². The van der Waals surface area contributed by atoms with E-state index in [-0.39, 0.29) is 6.61 Å². The fourth-order valence-electron chi connectivity index (χ4n) is 1.24. The molecule has 12 heavy (non-hydrogen) atoms. The van der Waals surface area contributed by atoms with Gasteiger partial charge < -0.3 is 15.2 Å². The summed E-state index contributed by atoms with van der Waals surface area (Å²) >= 11 is 0. The molecule has 1 fully saturated rings. The third kappa shape index (κ3) is 4.01. The predicted octanol–water partition coefficient (Wildman–Crippen LogP) is -1.04. The normalized spacial score (nSPS) is 24.2. The van der Waals surface area contributed by atoms with Crippen LogP contribution in [0.3, 0.4) is 0 Å². The van der Waals surface area contributed by atoms with Gasteiger partial charge in [0, 0.05) is 32.3 Å². The van der Waals surface area contributed by atoms with E-state index in [0.29, 0.717) is 19.3 Å². The first kappa shape index (κ1) is 9.92. The van der Waals surface area contributed by atoms with Crippen LogP contribution in [-0.4, -0.2) is 50.6 Å². The van der Waals surface area contributed by atoms with Crippen LogP contribution in [0.1, 0.15) is 6.42 Å². The first-order valence-corrected chi connectivity index (χ1v) is 4.48. The molecule has 1 saturated heterocycles. The van der Waals surface area contributed by atoms with Crippen LogP contribution in [0.15, 0.2) is 0 Å². The molecule has 0 aromatic heterocycles. The highest BCUT2D eigenvalue weighted by atomic mass is 16.5. The van der Waals surface area contributed by atoms with Crippen molar-refractivity contribution in [3.05, 3.63) is 0 Å². The lowest BCUT2D eigenvalue weighted by atomic mass is 10.2. The molecule has 0 saturated carbocycles. The summed E-state index contributed by atoms with van der Waals surface area (Å²) in [6, 6.07) is 0.484. The zero-order chi connectivity index (χ0) is 8.65. The van der Waals surface area contributed by atoms with E-state index in [1.54, 1.807) is 0 Å². The Morgan fingerprint density at radius 2 is 2.42 bits per heavy atom. The highest BCUT2D eigenvalue weighted by molar-refractivity contribution is 4.74. The maximum absolute atomic E-state index is 8.44. The zero-order valence-corrected chi connectivity index (χ0v) is 7.33. The topological polar surface area (TPSA) is 55.6 Å². The van der Waals surface area contributed by atoms with E-state index in [1.807, 2.05) is 0 Å². The van der Waals surface area contributed by atoms with Crippen molar-refractivity contribution in [2.24, 2.45) is 0 Å². The van der Waals surface area contributed by atoms with E-state index < -0.39 is 0 Å². The number of ether oxygens (including phenoxy) is 1. The third-order valence-corrected chi connectivity index (χ3v) is 1.90. The third-order valence-electron chi connectivity index (χ3n) is 1.90. The SMILES string of the molecule is OCCOCCC1C[N]CCN1. The van der Waals surface area contributed by atoms with Crippen molar-refractivity contribution < 1.29 is 9.84 Å². The summed E-state index contributed by atoms with van der Waals surface area (Å²) in [6.07, 6.45) is 0.990. The van der Waals surface area contributed by atoms with Gasteiger partial charge in [-0.05, 0) is 6.42 Å². The van der Waals surface area contributed by atoms with E-state index in [1.165, 1.54) is 0 Å². The van der Waals surface area contributed by atoms with Gasteiger partial charge in [0.2, 0.25) is 0 Å². The number of aliphatic hydroxyl groups excluding tert-OH is 1. The van der Waals surface area contributed by atoms with Crippen molar-refractivity contribution in [1.29, 1.82) is 0 Å². The van der Waals surface area contributed by atoms with Crippen molar-refractivity contribution in [2.45, 2.75) is 12.5 Å². The van der Waals surface area contributed by atoms with Crippen LogP contribution in [0.2, 0.25) is 0 Å². The van der Waals surface area contributed by atoms with Gasteiger partial charge in [-0.3, -0.25) is 0 Å². The van der Waals surface area contributed by atoms with Crippen LogP contribution in [0.25, 0.3) is 0 Å². The number of nitrogens with zero attached hydrogens (tertiary/aromatic N) is 1. The van der Waals surface area contributed by atoms with Crippen molar-refractivity contribution in [3.8, 4) is 0 Å². The summed E-state index contributed by atoms with van der Waals surface area (Å²) < 4.78 is 5.15. The van der Waals surface area contributed by atoms with Crippen LogP contribution < -0.4 is 10.6 Å². The first-order valence-electron chi connectivity index (χ1n) is 4.48. The Kier molecular flexibility index (Phi) is 5.27. The Morgan fingerprint density at radius 1 is 1.50 bits per heavy atom. The van der Waals surface area contributed by atoms with Gasteiger partial charge in [0.1, 0.15) is 0 Å². The molecule has 2 N–H and O–H groups in total. The molecule has 1 atom stereocenters. The maximum atomic E-state index is 8.44. The molecule has 1 unspecified atom stereocenters. The molecular weight excluding hydrogens is 156 g/mol. The second-order valence-corrected chi connectivity index (χ2v) is 2.91. The molecule has 0 aromatic rings. The summed E-state index contributed by atoms with van der Waals surface area (Å²) in [7, 11) is 0. The smallest absolute Gasteiger partial charge is 0.0697 e. The van der Waals surface area contributed by atoms with E-state index in [0.717, 1.165) is 26.1 Å². The van der Waals surface area contributed by atoms with Gasteiger partial charge in [0.05, 0.1) is 13.2 Å². The molecular formula is C8H17N2O2. The van der Waals surface area contributed by atoms with Gasteiger partial charge in [0.25, 0.3) is 0 Å². The second-order valence-electron chi connectivity index (χ2n) is 2.91. The number of nitrogens with one attached hydrogen (secondary N) is 1. The Hall–Kier alpha value is -0.160. The number of piperazine rings is 1. The van der Waals surface area contributed by atoms with Crippen LogP contribution >= 0.6 is 0 Å². The van der Waals surface area contributed by atoms with Gasteiger partial charge in [-0.25, -0.2) is 5.32 Å². The molecule has 0 amide bonds. The van der Waals surface area contributed by atoms with E-state index in [9.17, 15) is 0 Å². The lowest BCUT2D eigenvalue weighted by molar-refractivity contribution is 0.0847. The van der Waals surface area contributed by atoms with Crippen molar-refractivity contribution in [1.82, 2.24) is 10.6 Å². The lowest BCUT2D eigenvalue weighted by Gasteiger charge is -2.22. The fourth-order valence-corrected chi connectivity index (χ4v) is 1.24. The van der Waals surface area contributed by atoms with Crippen LogP contribution in [0.5, 0.6) is 0 Å². The summed E-state index contributed by atoms with van der Waals surface area (Å²) in [6.45, 7) is 4.11. The Morgan fingerprint density at radius 3 is 3.08 bits per heavy atom. The van der Waals surface area contributed by atoms with Crippen molar-refractivity contribution in [3.63, 3.8) is 0 Å². The molecule has 1 radical (unpaired) electrons. The first-order chi connectivity index (χ1) is 5.93. The van der Waals surface area contributed by atoms with Crippen LogP contribution in [-0.2, 0) is 4.74 Å². The number of hydrogen-bond acceptors (Lipinski definition) is 3. The molecule has 0 aliphatic carbocycles. The molecule has 4 nitrogen and oxygen atoms in total. The average Bonchev–Trinajstić information content (AvgIpc) is 2.14. The van der Waals surface area contributed by atoms with Gasteiger partial charge in [-0.1, -0.05) is 0 Å². The molecule has 0 spiro atoms. The summed E-state index contributed by atoms with van der Waals surface area (Å²) in [4.78, 5) is 0. The largest absolute Gasteiger partial charge is 0.394 e. The Balaban J connectivity index is 1.91.